The average Bonchev–Trinajstić information content (AvgIpc) is 2.44. The Morgan fingerprint density at radius 2 is 2.14 bits per heavy atom. The van der Waals surface area contributed by atoms with Gasteiger partial charge in [-0.1, -0.05) is 18.2 Å². The van der Waals surface area contributed by atoms with Gasteiger partial charge in [-0.25, -0.2) is 0 Å². The Labute approximate surface area is 83.0 Å². The van der Waals surface area contributed by atoms with Crippen LogP contribution in [0, 0.1) is 0 Å². The third kappa shape index (κ3) is 1.51. The van der Waals surface area contributed by atoms with Crippen LogP contribution in [-0.2, 0) is 13.5 Å². The van der Waals surface area contributed by atoms with E-state index in [-0.39, 0.29) is 6.10 Å². The first kappa shape index (κ1) is 9.21. The van der Waals surface area contributed by atoms with Gasteiger partial charge in [-0.2, -0.15) is 5.10 Å². The Balaban J connectivity index is 2.55. The molecule has 2 aromatic rings. The van der Waals surface area contributed by atoms with Crippen LogP contribution in [-0.4, -0.2) is 21.0 Å². The van der Waals surface area contributed by atoms with Gasteiger partial charge in [0.2, 0.25) is 0 Å². The van der Waals surface area contributed by atoms with Crippen molar-refractivity contribution in [1.29, 1.82) is 0 Å². The number of aromatic nitrogens is 2. The van der Waals surface area contributed by atoms with Crippen molar-refractivity contribution in [3.63, 3.8) is 0 Å². The molecular weight excluding hydrogens is 176 g/mol. The van der Waals surface area contributed by atoms with E-state index >= 15 is 0 Å². The SMILES string of the molecule is C[C@H](O)Cc1nn(C)c2ccccc12. The van der Waals surface area contributed by atoms with Crippen LogP contribution >= 0.6 is 0 Å². The van der Waals surface area contributed by atoms with Crippen molar-refractivity contribution in [2.75, 3.05) is 0 Å². The molecule has 0 radical (unpaired) electrons. The molecule has 2 rings (SSSR count). The average molecular weight is 190 g/mol. The number of para-hydroxylation sites is 1. The van der Waals surface area contributed by atoms with Crippen LogP contribution in [0.25, 0.3) is 10.9 Å². The number of rotatable bonds is 2. The fourth-order valence-corrected chi connectivity index (χ4v) is 1.72. The summed E-state index contributed by atoms with van der Waals surface area (Å²) < 4.78 is 1.85. The highest BCUT2D eigenvalue weighted by Gasteiger charge is 2.09. The largest absolute Gasteiger partial charge is 0.393 e. The quantitative estimate of drug-likeness (QED) is 0.779. The van der Waals surface area contributed by atoms with Gasteiger partial charge < -0.3 is 5.11 Å². The molecule has 1 N–H and O–H groups in total. The normalized spacial score (nSPS) is 13.4. The van der Waals surface area contributed by atoms with E-state index in [2.05, 4.69) is 5.10 Å². The Kier molecular flexibility index (Phi) is 2.25. The molecule has 74 valence electrons. The molecule has 1 aromatic heterocycles. The number of hydrogen-bond donors (Lipinski definition) is 1. The summed E-state index contributed by atoms with van der Waals surface area (Å²) in [4.78, 5) is 0. The standard InChI is InChI=1S/C11H14N2O/c1-8(14)7-10-9-5-3-4-6-11(9)13(2)12-10/h3-6,8,14H,7H2,1-2H3/t8-/m0/s1. The maximum atomic E-state index is 9.33. The Morgan fingerprint density at radius 1 is 1.43 bits per heavy atom. The van der Waals surface area contributed by atoms with E-state index in [0.717, 1.165) is 16.6 Å². The Bertz CT molecular complexity index is 445. The second-order valence-corrected chi connectivity index (χ2v) is 3.64. The van der Waals surface area contributed by atoms with Gasteiger partial charge in [0.15, 0.2) is 0 Å². The maximum absolute atomic E-state index is 9.33. The molecule has 0 aliphatic carbocycles. The second-order valence-electron chi connectivity index (χ2n) is 3.64. The maximum Gasteiger partial charge on any atom is 0.0728 e. The molecule has 1 atom stereocenters. The van der Waals surface area contributed by atoms with Gasteiger partial charge in [0, 0.05) is 18.9 Å². The van der Waals surface area contributed by atoms with Crippen molar-refractivity contribution >= 4 is 10.9 Å². The van der Waals surface area contributed by atoms with Gasteiger partial charge in [-0.3, -0.25) is 4.68 Å². The van der Waals surface area contributed by atoms with E-state index < -0.39 is 0 Å². The predicted octanol–water partition coefficient (Wildman–Crippen LogP) is 1.50. The van der Waals surface area contributed by atoms with Crippen LogP contribution in [0.1, 0.15) is 12.6 Å². The molecule has 0 spiro atoms. The van der Waals surface area contributed by atoms with Crippen molar-refractivity contribution in [3.8, 4) is 0 Å². The van der Waals surface area contributed by atoms with Gasteiger partial charge in [0.25, 0.3) is 0 Å². The van der Waals surface area contributed by atoms with E-state index in [1.165, 1.54) is 0 Å². The lowest BCUT2D eigenvalue weighted by atomic mass is 10.1. The van der Waals surface area contributed by atoms with E-state index in [9.17, 15) is 5.11 Å². The molecule has 0 fully saturated rings. The van der Waals surface area contributed by atoms with Crippen molar-refractivity contribution in [3.05, 3.63) is 30.0 Å². The summed E-state index contributed by atoms with van der Waals surface area (Å²) in [6.45, 7) is 1.78. The third-order valence-corrected chi connectivity index (χ3v) is 2.32. The fraction of sp³-hybridized carbons (Fsp3) is 0.364. The molecule has 3 nitrogen and oxygen atoms in total. The van der Waals surface area contributed by atoms with Gasteiger partial charge in [-0.05, 0) is 13.0 Å². The minimum atomic E-state index is -0.340. The van der Waals surface area contributed by atoms with E-state index in [4.69, 9.17) is 0 Å². The van der Waals surface area contributed by atoms with Crippen LogP contribution < -0.4 is 0 Å². The minimum Gasteiger partial charge on any atom is -0.393 e. The summed E-state index contributed by atoms with van der Waals surface area (Å²) in [5.74, 6) is 0. The van der Waals surface area contributed by atoms with Crippen molar-refractivity contribution in [2.45, 2.75) is 19.4 Å². The Morgan fingerprint density at radius 3 is 2.86 bits per heavy atom. The van der Waals surface area contributed by atoms with Crippen molar-refractivity contribution in [1.82, 2.24) is 9.78 Å². The lowest BCUT2D eigenvalue weighted by molar-refractivity contribution is 0.194. The number of nitrogens with zero attached hydrogens (tertiary/aromatic N) is 2. The van der Waals surface area contributed by atoms with Crippen molar-refractivity contribution < 1.29 is 5.11 Å². The molecule has 14 heavy (non-hydrogen) atoms. The molecule has 0 saturated carbocycles. The van der Waals surface area contributed by atoms with Gasteiger partial charge >= 0.3 is 0 Å². The summed E-state index contributed by atoms with van der Waals surface area (Å²) in [5.41, 5.74) is 2.08. The summed E-state index contributed by atoms with van der Waals surface area (Å²) in [5, 5.41) is 14.8. The van der Waals surface area contributed by atoms with Gasteiger partial charge in [-0.15, -0.1) is 0 Å². The first-order chi connectivity index (χ1) is 6.68. The molecule has 0 aliphatic rings. The lowest BCUT2D eigenvalue weighted by Crippen LogP contribution is -2.05. The summed E-state index contributed by atoms with van der Waals surface area (Å²) in [6, 6.07) is 8.07. The number of hydrogen-bond acceptors (Lipinski definition) is 2. The fourth-order valence-electron chi connectivity index (χ4n) is 1.72. The van der Waals surface area contributed by atoms with E-state index in [1.54, 1.807) is 6.92 Å². The summed E-state index contributed by atoms with van der Waals surface area (Å²) in [7, 11) is 1.92. The first-order valence-corrected chi connectivity index (χ1v) is 4.77. The monoisotopic (exact) mass is 190 g/mol. The number of aliphatic hydroxyl groups is 1. The minimum absolute atomic E-state index is 0.340. The van der Waals surface area contributed by atoms with Crippen LogP contribution in [0.4, 0.5) is 0 Å². The molecule has 0 unspecified atom stereocenters. The van der Waals surface area contributed by atoms with Crippen LogP contribution in [0.5, 0.6) is 0 Å². The molecule has 0 aliphatic heterocycles. The van der Waals surface area contributed by atoms with Crippen molar-refractivity contribution in [2.24, 2.45) is 7.05 Å². The molecule has 3 heteroatoms. The Hall–Kier alpha value is -1.35. The van der Waals surface area contributed by atoms with Crippen LogP contribution in [0.3, 0.4) is 0 Å². The zero-order valence-electron chi connectivity index (χ0n) is 8.44. The second kappa shape index (κ2) is 3.42. The summed E-state index contributed by atoms with van der Waals surface area (Å²) >= 11 is 0. The smallest absolute Gasteiger partial charge is 0.0728 e. The van der Waals surface area contributed by atoms with Gasteiger partial charge in [0.1, 0.15) is 0 Å². The molecule has 0 amide bonds. The highest BCUT2D eigenvalue weighted by atomic mass is 16.3. The van der Waals surface area contributed by atoms with Crippen LogP contribution in [0.2, 0.25) is 0 Å². The molecule has 0 saturated heterocycles. The topological polar surface area (TPSA) is 38.1 Å². The third-order valence-electron chi connectivity index (χ3n) is 2.32. The molecule has 0 bridgehead atoms. The number of benzene rings is 1. The number of fused-ring (bicyclic) bond motifs is 1. The molecule has 1 heterocycles. The number of aliphatic hydroxyl groups excluding tert-OH is 1. The van der Waals surface area contributed by atoms with E-state index in [1.807, 2.05) is 36.0 Å². The van der Waals surface area contributed by atoms with Crippen LogP contribution in [0.15, 0.2) is 24.3 Å². The van der Waals surface area contributed by atoms with E-state index in [0.29, 0.717) is 6.42 Å². The highest BCUT2D eigenvalue weighted by Crippen LogP contribution is 2.18. The number of aryl methyl sites for hydroxylation is 1. The van der Waals surface area contributed by atoms with Gasteiger partial charge in [0.05, 0.1) is 17.3 Å². The lowest BCUT2D eigenvalue weighted by Gasteiger charge is -1.99. The summed E-state index contributed by atoms with van der Waals surface area (Å²) in [6.07, 6.45) is 0.273. The highest BCUT2D eigenvalue weighted by molar-refractivity contribution is 5.81. The molecule has 1 aromatic carbocycles. The first-order valence-electron chi connectivity index (χ1n) is 4.77. The zero-order chi connectivity index (χ0) is 10.1. The zero-order valence-corrected chi connectivity index (χ0v) is 8.44. The predicted molar refractivity (Wildman–Crippen MR) is 56.1 cm³/mol. The molecular formula is C11H14N2O.